The minimum atomic E-state index is -1.28. The second-order valence-corrected chi connectivity index (χ2v) is 6.82. The third-order valence-corrected chi connectivity index (χ3v) is 5.29. The van der Waals surface area contributed by atoms with E-state index in [4.69, 9.17) is 4.74 Å². The number of amides is 1. The molecule has 0 saturated carbocycles. The molecular weight excluding hydrogens is 329 g/mol. The lowest BCUT2D eigenvalue weighted by molar-refractivity contribution is -0.139. The number of aliphatic carboxylic acids is 1. The van der Waals surface area contributed by atoms with Crippen LogP contribution in [0.15, 0.2) is 35.1 Å². The van der Waals surface area contributed by atoms with Crippen LogP contribution >= 0.6 is 0 Å². The molecule has 25 heavy (non-hydrogen) atoms. The van der Waals surface area contributed by atoms with Gasteiger partial charge in [-0.1, -0.05) is 6.08 Å². The molecule has 0 aromatic carbocycles. The third-order valence-electron chi connectivity index (χ3n) is 5.29. The van der Waals surface area contributed by atoms with E-state index in [0.29, 0.717) is 37.6 Å². The first-order chi connectivity index (χ1) is 12.0. The number of hydrogen-bond donors (Lipinski definition) is 1. The summed E-state index contributed by atoms with van der Waals surface area (Å²) in [4.78, 5) is 29.1. The molecular formula is C17H20FN3O4. The number of allylic oxidation sites excluding steroid dienone is 1. The second kappa shape index (κ2) is 5.87. The van der Waals surface area contributed by atoms with Crippen molar-refractivity contribution in [1.29, 1.82) is 0 Å². The maximum absolute atomic E-state index is 14.9. The largest absolute Gasteiger partial charge is 0.493 e. The molecule has 2 saturated heterocycles. The molecule has 2 fully saturated rings. The normalized spacial score (nSPS) is 29.8. The van der Waals surface area contributed by atoms with Gasteiger partial charge in [0.2, 0.25) is 0 Å². The Hall–Kier alpha value is -2.35. The Morgan fingerprint density at radius 3 is 2.72 bits per heavy atom. The van der Waals surface area contributed by atoms with Crippen LogP contribution < -0.4 is 0 Å². The van der Waals surface area contributed by atoms with E-state index in [1.54, 1.807) is 0 Å². The maximum atomic E-state index is 14.9. The lowest BCUT2D eigenvalue weighted by Crippen LogP contribution is -2.54. The molecule has 0 aliphatic carbocycles. The topological polar surface area (TPSA) is 73.3 Å². The number of likely N-dealkylation sites (N-methyl/N-ethyl adjacent to an activating group) is 1. The summed E-state index contributed by atoms with van der Waals surface area (Å²) in [6, 6.07) is -0.460. The van der Waals surface area contributed by atoms with E-state index in [2.05, 4.69) is 4.90 Å². The van der Waals surface area contributed by atoms with Crippen LogP contribution in [0.4, 0.5) is 4.39 Å². The van der Waals surface area contributed by atoms with Crippen molar-refractivity contribution in [3.8, 4) is 0 Å². The van der Waals surface area contributed by atoms with E-state index in [1.165, 1.54) is 11.0 Å². The van der Waals surface area contributed by atoms with Crippen molar-refractivity contribution in [2.24, 2.45) is 5.92 Å². The third kappa shape index (κ3) is 2.52. The summed E-state index contributed by atoms with van der Waals surface area (Å²) in [6.07, 6.45) is 3.25. The summed E-state index contributed by atoms with van der Waals surface area (Å²) in [5.74, 6) is -2.24. The number of hydrogen-bond acceptors (Lipinski definition) is 5. The van der Waals surface area contributed by atoms with Gasteiger partial charge in [0.1, 0.15) is 23.1 Å². The van der Waals surface area contributed by atoms with Crippen LogP contribution in [-0.2, 0) is 14.3 Å². The van der Waals surface area contributed by atoms with E-state index in [-0.39, 0.29) is 11.5 Å². The van der Waals surface area contributed by atoms with Gasteiger partial charge >= 0.3 is 5.97 Å². The Labute approximate surface area is 144 Å². The fourth-order valence-corrected chi connectivity index (χ4v) is 3.95. The van der Waals surface area contributed by atoms with Crippen LogP contribution in [0, 0.1) is 5.92 Å². The molecule has 4 aliphatic heterocycles. The van der Waals surface area contributed by atoms with Crippen molar-refractivity contribution in [1.82, 2.24) is 14.7 Å². The van der Waals surface area contributed by atoms with E-state index < -0.39 is 23.7 Å². The van der Waals surface area contributed by atoms with Crippen molar-refractivity contribution < 1.29 is 23.8 Å². The van der Waals surface area contributed by atoms with Crippen molar-refractivity contribution in [2.45, 2.75) is 12.5 Å². The second-order valence-electron chi connectivity index (χ2n) is 6.82. The number of carbonyl (C=O) groups excluding carboxylic acids is 1. The number of carbonyl (C=O) groups is 2. The van der Waals surface area contributed by atoms with E-state index in [0.717, 1.165) is 19.3 Å². The van der Waals surface area contributed by atoms with Gasteiger partial charge in [-0.15, -0.1) is 0 Å². The highest BCUT2D eigenvalue weighted by molar-refractivity contribution is 6.16. The van der Waals surface area contributed by atoms with E-state index >= 15 is 0 Å². The highest BCUT2D eigenvalue weighted by Gasteiger charge is 2.47. The Balaban J connectivity index is 1.76. The Bertz CT molecular complexity index is 721. The molecule has 0 aromatic rings. The van der Waals surface area contributed by atoms with Gasteiger partial charge < -0.3 is 24.5 Å². The molecule has 4 aliphatic rings. The molecule has 2 atom stereocenters. The Kier molecular flexibility index (Phi) is 3.79. The predicted molar refractivity (Wildman–Crippen MR) is 85.7 cm³/mol. The molecule has 4 heterocycles. The number of piperazine rings is 1. The van der Waals surface area contributed by atoms with E-state index in [1.807, 2.05) is 11.9 Å². The first kappa shape index (κ1) is 16.1. The monoisotopic (exact) mass is 349 g/mol. The predicted octanol–water partition coefficient (Wildman–Crippen LogP) is 0.528. The highest BCUT2D eigenvalue weighted by atomic mass is 19.1. The SMILES string of the molecule is CN1CCN(C2=C3OCCC4C=C(C(=O)O)C(=O)N(C=C2F)C34)CC1. The van der Waals surface area contributed by atoms with E-state index in [9.17, 15) is 19.1 Å². The summed E-state index contributed by atoms with van der Waals surface area (Å²) in [5, 5.41) is 9.26. The van der Waals surface area contributed by atoms with Crippen molar-refractivity contribution in [3.05, 3.63) is 35.1 Å². The van der Waals surface area contributed by atoms with Crippen molar-refractivity contribution in [2.75, 3.05) is 39.8 Å². The summed E-state index contributed by atoms with van der Waals surface area (Å²) in [5.41, 5.74) is 0.119. The van der Waals surface area contributed by atoms with Crippen molar-refractivity contribution >= 4 is 11.9 Å². The minimum Gasteiger partial charge on any atom is -0.493 e. The molecule has 4 rings (SSSR count). The standard InChI is InChI=1S/C17H20FN3O4/c1-19-3-5-20(6-4-19)14-12(18)9-21-13-10(2-7-25-15(13)14)8-11(16(21)22)17(23)24/h8-10,13H,2-7H2,1H3,(H,23,24). The summed E-state index contributed by atoms with van der Waals surface area (Å²) in [7, 11) is 2.02. The first-order valence-electron chi connectivity index (χ1n) is 8.43. The van der Waals surface area contributed by atoms with Crippen LogP contribution in [0.2, 0.25) is 0 Å². The van der Waals surface area contributed by atoms with Gasteiger partial charge in [-0.05, 0) is 13.5 Å². The van der Waals surface area contributed by atoms with Gasteiger partial charge in [0.05, 0.1) is 6.61 Å². The quantitative estimate of drug-likeness (QED) is 0.733. The van der Waals surface area contributed by atoms with Crippen LogP contribution in [0.3, 0.4) is 0 Å². The van der Waals surface area contributed by atoms with Gasteiger partial charge in [-0.25, -0.2) is 9.18 Å². The number of carboxylic acid groups (broad SMARTS) is 1. The zero-order chi connectivity index (χ0) is 17.7. The number of carboxylic acids is 1. The average molecular weight is 349 g/mol. The molecule has 7 nitrogen and oxygen atoms in total. The molecule has 134 valence electrons. The highest BCUT2D eigenvalue weighted by Crippen LogP contribution is 2.42. The number of nitrogens with zero attached hydrogens (tertiary/aromatic N) is 3. The first-order valence-corrected chi connectivity index (χ1v) is 8.43. The summed E-state index contributed by atoms with van der Waals surface area (Å²) in [6.45, 7) is 3.39. The van der Waals surface area contributed by atoms with Gasteiger partial charge in [-0.2, -0.15) is 0 Å². The average Bonchev–Trinajstić information content (AvgIpc) is 2.58. The fourth-order valence-electron chi connectivity index (χ4n) is 3.95. The van der Waals surface area contributed by atoms with Gasteiger partial charge in [-0.3, -0.25) is 4.79 Å². The summed E-state index contributed by atoms with van der Waals surface area (Å²) < 4.78 is 20.7. The molecule has 8 heteroatoms. The maximum Gasteiger partial charge on any atom is 0.341 e. The number of rotatable bonds is 2. The Morgan fingerprint density at radius 1 is 1.32 bits per heavy atom. The molecule has 2 unspecified atom stereocenters. The van der Waals surface area contributed by atoms with Crippen LogP contribution in [0.25, 0.3) is 0 Å². The molecule has 0 spiro atoms. The molecule has 0 radical (unpaired) electrons. The smallest absolute Gasteiger partial charge is 0.341 e. The summed E-state index contributed by atoms with van der Waals surface area (Å²) >= 11 is 0. The molecule has 0 aromatic heterocycles. The zero-order valence-corrected chi connectivity index (χ0v) is 13.9. The lowest BCUT2D eigenvalue weighted by atomic mass is 9.83. The molecule has 1 N–H and O–H groups in total. The fraction of sp³-hybridized carbons (Fsp3) is 0.529. The zero-order valence-electron chi connectivity index (χ0n) is 13.9. The van der Waals surface area contributed by atoms with Crippen LogP contribution in [0.1, 0.15) is 6.42 Å². The van der Waals surface area contributed by atoms with Crippen LogP contribution in [0.5, 0.6) is 0 Å². The molecule has 1 amide bonds. The minimum absolute atomic E-state index is 0.181. The molecule has 0 bridgehead atoms. The van der Waals surface area contributed by atoms with Crippen LogP contribution in [-0.4, -0.2) is 77.6 Å². The van der Waals surface area contributed by atoms with Gasteiger partial charge in [0.25, 0.3) is 5.91 Å². The Morgan fingerprint density at radius 2 is 2.04 bits per heavy atom. The van der Waals surface area contributed by atoms with Gasteiger partial charge in [0, 0.05) is 38.3 Å². The number of ether oxygens (including phenoxy) is 1. The lowest BCUT2D eigenvalue weighted by Gasteiger charge is -2.46. The van der Waals surface area contributed by atoms with Crippen molar-refractivity contribution in [3.63, 3.8) is 0 Å². The van der Waals surface area contributed by atoms with Gasteiger partial charge in [0.15, 0.2) is 5.83 Å². The number of halogens is 1.